The molecule has 0 radical (unpaired) electrons. The van der Waals surface area contributed by atoms with Crippen molar-refractivity contribution in [2.75, 3.05) is 7.11 Å². The third kappa shape index (κ3) is 2.18. The van der Waals surface area contributed by atoms with Crippen LogP contribution in [0.2, 0.25) is 0 Å². The van der Waals surface area contributed by atoms with Gasteiger partial charge in [0.05, 0.1) is 13.4 Å². The van der Waals surface area contributed by atoms with Gasteiger partial charge < -0.3 is 13.9 Å². The number of hydrogen-bond acceptors (Lipinski definition) is 5. The summed E-state index contributed by atoms with van der Waals surface area (Å²) in [7, 11) is 1.33. The summed E-state index contributed by atoms with van der Waals surface area (Å²) in [4.78, 5) is 16.2. The first-order chi connectivity index (χ1) is 9.79. The molecule has 5 heteroatoms. The van der Waals surface area contributed by atoms with Crippen molar-refractivity contribution >= 4 is 11.9 Å². The summed E-state index contributed by atoms with van der Waals surface area (Å²) in [6.45, 7) is 0. The molecule has 3 rings (SSSR count). The average Bonchev–Trinajstić information content (AvgIpc) is 3.16. The van der Waals surface area contributed by atoms with Crippen LogP contribution in [-0.4, -0.2) is 25.0 Å². The number of nitrogens with zero attached hydrogens (tertiary/aromatic N) is 1. The Morgan fingerprint density at radius 2 is 2.00 bits per heavy atom. The fourth-order valence-corrected chi connectivity index (χ4v) is 2.10. The van der Waals surface area contributed by atoms with Gasteiger partial charge in [-0.15, -0.1) is 0 Å². The lowest BCUT2D eigenvalue weighted by molar-refractivity contribution is -0.144. The molecule has 1 aliphatic rings. The van der Waals surface area contributed by atoms with Gasteiger partial charge in [0.25, 0.3) is 0 Å². The maximum atomic E-state index is 11.8. The van der Waals surface area contributed by atoms with Crippen LogP contribution in [0.1, 0.15) is 17.4 Å². The lowest BCUT2D eigenvalue weighted by atomic mass is 10.1. The molecular formula is C15H13NO4. The zero-order valence-electron chi connectivity index (χ0n) is 10.9. The van der Waals surface area contributed by atoms with Gasteiger partial charge in [-0.05, 0) is 24.3 Å². The molecule has 1 aliphatic heterocycles. The van der Waals surface area contributed by atoms with E-state index >= 15 is 0 Å². The molecule has 0 spiro atoms. The van der Waals surface area contributed by atoms with Crippen molar-refractivity contribution in [3.8, 4) is 0 Å². The second kappa shape index (κ2) is 5.21. The quantitative estimate of drug-likeness (QED) is 0.804. The van der Waals surface area contributed by atoms with E-state index in [0.29, 0.717) is 11.7 Å². The van der Waals surface area contributed by atoms with Gasteiger partial charge in [-0.2, -0.15) is 0 Å². The minimum absolute atomic E-state index is 0.419. The van der Waals surface area contributed by atoms with E-state index in [0.717, 1.165) is 5.56 Å². The monoisotopic (exact) mass is 271 g/mol. The lowest BCUT2D eigenvalue weighted by Crippen LogP contribution is -2.24. The van der Waals surface area contributed by atoms with Crippen molar-refractivity contribution in [1.82, 2.24) is 0 Å². The summed E-state index contributed by atoms with van der Waals surface area (Å²) in [5, 5.41) is 0. The maximum absolute atomic E-state index is 11.8. The summed E-state index contributed by atoms with van der Waals surface area (Å²) >= 11 is 0. The largest absolute Gasteiger partial charge is 0.467 e. The third-order valence-corrected chi connectivity index (χ3v) is 3.07. The highest BCUT2D eigenvalue weighted by atomic mass is 16.5. The van der Waals surface area contributed by atoms with Gasteiger partial charge in [0.2, 0.25) is 5.90 Å². The van der Waals surface area contributed by atoms with E-state index in [9.17, 15) is 4.79 Å². The number of furan rings is 1. The predicted molar refractivity (Wildman–Crippen MR) is 71.3 cm³/mol. The second-order valence-corrected chi connectivity index (χ2v) is 4.32. The molecule has 1 aromatic heterocycles. The molecule has 2 aromatic rings. The van der Waals surface area contributed by atoms with E-state index in [1.165, 1.54) is 13.4 Å². The molecule has 0 fully saturated rings. The van der Waals surface area contributed by atoms with Crippen LogP contribution in [0.4, 0.5) is 0 Å². The van der Waals surface area contributed by atoms with E-state index < -0.39 is 18.1 Å². The van der Waals surface area contributed by atoms with Crippen LogP contribution in [0.3, 0.4) is 0 Å². The summed E-state index contributed by atoms with van der Waals surface area (Å²) in [5.74, 6) is 0.523. The lowest BCUT2D eigenvalue weighted by Gasteiger charge is -2.13. The number of methoxy groups -OCH3 is 1. The molecule has 0 N–H and O–H groups in total. The molecular weight excluding hydrogens is 258 g/mol. The number of benzene rings is 1. The maximum Gasteiger partial charge on any atom is 0.335 e. The fourth-order valence-electron chi connectivity index (χ4n) is 2.10. The van der Waals surface area contributed by atoms with Crippen LogP contribution in [-0.2, 0) is 14.3 Å². The van der Waals surface area contributed by atoms with Crippen LogP contribution in [0, 0.1) is 0 Å². The van der Waals surface area contributed by atoms with E-state index in [2.05, 4.69) is 4.99 Å². The number of esters is 1. The highest BCUT2D eigenvalue weighted by Crippen LogP contribution is 2.32. The zero-order chi connectivity index (χ0) is 13.9. The Labute approximate surface area is 115 Å². The van der Waals surface area contributed by atoms with E-state index in [-0.39, 0.29) is 0 Å². The van der Waals surface area contributed by atoms with Gasteiger partial charge in [0, 0.05) is 5.56 Å². The first-order valence-electron chi connectivity index (χ1n) is 6.20. The number of rotatable bonds is 3. The standard InChI is InChI=1S/C15H13NO4/c1-18-15(17)12-13(11-8-5-9-19-11)20-14(16-12)10-6-3-2-4-7-10/h2-9,12-13H,1H3/t12-,13-/m0/s1. The molecule has 1 aromatic carbocycles. The van der Waals surface area contributed by atoms with Crippen LogP contribution in [0.25, 0.3) is 0 Å². The van der Waals surface area contributed by atoms with Crippen molar-refractivity contribution < 1.29 is 18.7 Å². The van der Waals surface area contributed by atoms with E-state index in [1.54, 1.807) is 12.1 Å². The van der Waals surface area contributed by atoms with E-state index in [4.69, 9.17) is 13.9 Å². The topological polar surface area (TPSA) is 61.0 Å². The number of hydrogen-bond donors (Lipinski definition) is 0. The van der Waals surface area contributed by atoms with Gasteiger partial charge >= 0.3 is 5.97 Å². The van der Waals surface area contributed by atoms with Gasteiger partial charge in [-0.1, -0.05) is 18.2 Å². The molecule has 102 valence electrons. The molecule has 2 atom stereocenters. The Balaban J connectivity index is 1.93. The van der Waals surface area contributed by atoms with Crippen molar-refractivity contribution in [2.45, 2.75) is 12.1 Å². The minimum Gasteiger partial charge on any atom is -0.467 e. The second-order valence-electron chi connectivity index (χ2n) is 4.32. The third-order valence-electron chi connectivity index (χ3n) is 3.07. The number of carbonyl (C=O) groups is 1. The summed E-state index contributed by atoms with van der Waals surface area (Å²) < 4.78 is 15.9. The Kier molecular flexibility index (Phi) is 3.25. The summed E-state index contributed by atoms with van der Waals surface area (Å²) in [6.07, 6.45) is 0.945. The minimum atomic E-state index is -0.749. The van der Waals surface area contributed by atoms with Gasteiger partial charge in [-0.25, -0.2) is 9.79 Å². The molecule has 0 saturated carbocycles. The molecule has 0 amide bonds. The average molecular weight is 271 g/mol. The van der Waals surface area contributed by atoms with Crippen molar-refractivity contribution in [1.29, 1.82) is 0 Å². The smallest absolute Gasteiger partial charge is 0.335 e. The zero-order valence-corrected chi connectivity index (χ0v) is 10.9. The normalized spacial score (nSPS) is 21.1. The molecule has 5 nitrogen and oxygen atoms in total. The number of carbonyl (C=O) groups excluding carboxylic acids is 1. The summed E-state index contributed by atoms with van der Waals surface area (Å²) in [5.41, 5.74) is 0.815. The highest BCUT2D eigenvalue weighted by Gasteiger charge is 2.40. The van der Waals surface area contributed by atoms with Gasteiger partial charge in [-0.3, -0.25) is 0 Å². The molecule has 20 heavy (non-hydrogen) atoms. The van der Waals surface area contributed by atoms with Crippen LogP contribution in [0.5, 0.6) is 0 Å². The van der Waals surface area contributed by atoms with Crippen molar-refractivity contribution in [3.63, 3.8) is 0 Å². The fraction of sp³-hybridized carbons (Fsp3) is 0.200. The molecule has 0 aliphatic carbocycles. The Morgan fingerprint density at radius 1 is 1.20 bits per heavy atom. The van der Waals surface area contributed by atoms with Crippen LogP contribution in [0.15, 0.2) is 58.1 Å². The SMILES string of the molecule is COC(=O)[C@H]1N=C(c2ccccc2)O[C@H]1c1ccco1. The van der Waals surface area contributed by atoms with Gasteiger partial charge in [0.15, 0.2) is 12.1 Å². The molecule has 2 heterocycles. The molecule has 0 unspecified atom stereocenters. The molecule has 0 saturated heterocycles. The van der Waals surface area contributed by atoms with E-state index in [1.807, 2.05) is 30.3 Å². The Morgan fingerprint density at radius 3 is 2.65 bits per heavy atom. The predicted octanol–water partition coefficient (Wildman–Crippen LogP) is 2.34. The number of aliphatic imine (C=N–C) groups is 1. The first kappa shape index (κ1) is 12.5. The van der Waals surface area contributed by atoms with Crippen LogP contribution < -0.4 is 0 Å². The molecule has 0 bridgehead atoms. The van der Waals surface area contributed by atoms with Crippen molar-refractivity contribution in [2.24, 2.45) is 4.99 Å². The Bertz CT molecular complexity index is 619. The van der Waals surface area contributed by atoms with Crippen LogP contribution >= 0.6 is 0 Å². The summed E-state index contributed by atoms with van der Waals surface area (Å²) in [6, 6.07) is 12.2. The number of ether oxygens (including phenoxy) is 2. The highest BCUT2D eigenvalue weighted by molar-refractivity contribution is 5.98. The Hall–Kier alpha value is -2.56. The first-order valence-corrected chi connectivity index (χ1v) is 6.20. The van der Waals surface area contributed by atoms with Gasteiger partial charge in [0.1, 0.15) is 5.76 Å². The van der Waals surface area contributed by atoms with Crippen molar-refractivity contribution in [3.05, 3.63) is 60.1 Å².